The molecule has 140 valence electrons. The lowest BCUT2D eigenvalue weighted by Crippen LogP contribution is -2.11. The molecular formula is C19H16F4N4. The number of benzene rings is 1. The highest BCUT2D eigenvalue weighted by Crippen LogP contribution is 2.24. The van der Waals surface area contributed by atoms with Crippen LogP contribution < -0.4 is 5.32 Å². The maximum absolute atomic E-state index is 13.0. The van der Waals surface area contributed by atoms with Crippen LogP contribution in [-0.2, 0) is 6.42 Å². The average Bonchev–Trinajstić information content (AvgIpc) is 2.61. The summed E-state index contributed by atoms with van der Waals surface area (Å²) in [5.74, 6) is 0.187. The molecule has 1 N–H and O–H groups in total. The second kappa shape index (κ2) is 7.69. The first-order valence-corrected chi connectivity index (χ1v) is 8.15. The van der Waals surface area contributed by atoms with E-state index < -0.39 is 12.6 Å². The predicted molar refractivity (Wildman–Crippen MR) is 93.5 cm³/mol. The van der Waals surface area contributed by atoms with Gasteiger partial charge in [0.2, 0.25) is 0 Å². The van der Waals surface area contributed by atoms with Gasteiger partial charge in [-0.05, 0) is 36.2 Å². The van der Waals surface area contributed by atoms with Crippen LogP contribution in [0.3, 0.4) is 0 Å². The van der Waals surface area contributed by atoms with Gasteiger partial charge in [0.1, 0.15) is 11.6 Å². The Labute approximate surface area is 153 Å². The van der Waals surface area contributed by atoms with Gasteiger partial charge in [0.05, 0.1) is 24.5 Å². The van der Waals surface area contributed by atoms with Crippen molar-refractivity contribution >= 4 is 5.82 Å². The molecule has 8 heteroatoms. The van der Waals surface area contributed by atoms with Crippen LogP contribution in [0.2, 0.25) is 0 Å². The molecule has 1 aromatic carbocycles. The molecule has 0 aliphatic carbocycles. The molecule has 0 amide bonds. The molecule has 2 aromatic heterocycles. The van der Waals surface area contributed by atoms with E-state index in [0.29, 0.717) is 17.1 Å². The Kier molecular flexibility index (Phi) is 5.34. The standard InChI is InChI=1S/C19H16F4N4/c1-12(14-2-4-16(20)5-3-14)27-18-11-25-17(10-26-18)15-6-13(8-24-9-15)7-19(21,22)23/h2-6,8-12H,7H2,1H3,(H,26,27). The molecule has 1 atom stereocenters. The van der Waals surface area contributed by atoms with Crippen LogP contribution in [-0.4, -0.2) is 21.1 Å². The van der Waals surface area contributed by atoms with E-state index in [2.05, 4.69) is 20.3 Å². The maximum atomic E-state index is 13.0. The first-order chi connectivity index (χ1) is 12.8. The highest BCUT2D eigenvalue weighted by molar-refractivity contribution is 5.58. The lowest BCUT2D eigenvalue weighted by molar-refractivity contribution is -0.127. The van der Waals surface area contributed by atoms with Crippen molar-refractivity contribution in [3.05, 3.63) is 72.1 Å². The largest absolute Gasteiger partial charge is 0.393 e. The summed E-state index contributed by atoms with van der Waals surface area (Å²) < 4.78 is 50.6. The summed E-state index contributed by atoms with van der Waals surface area (Å²) in [6, 6.07) is 7.38. The number of halogens is 4. The molecule has 0 saturated heterocycles. The van der Waals surface area contributed by atoms with Gasteiger partial charge >= 0.3 is 6.18 Å². The van der Waals surface area contributed by atoms with Gasteiger partial charge in [0.15, 0.2) is 0 Å². The van der Waals surface area contributed by atoms with Crippen molar-refractivity contribution in [1.29, 1.82) is 0 Å². The van der Waals surface area contributed by atoms with Crippen molar-refractivity contribution in [1.82, 2.24) is 15.0 Å². The topological polar surface area (TPSA) is 50.7 Å². The third kappa shape index (κ3) is 5.22. The zero-order valence-electron chi connectivity index (χ0n) is 14.3. The van der Waals surface area contributed by atoms with Gasteiger partial charge in [0.25, 0.3) is 0 Å². The second-order valence-electron chi connectivity index (χ2n) is 6.08. The van der Waals surface area contributed by atoms with Gasteiger partial charge in [0, 0.05) is 24.0 Å². The molecule has 4 nitrogen and oxygen atoms in total. The van der Waals surface area contributed by atoms with E-state index >= 15 is 0 Å². The Morgan fingerprint density at radius 2 is 1.74 bits per heavy atom. The summed E-state index contributed by atoms with van der Waals surface area (Å²) in [6.45, 7) is 1.90. The summed E-state index contributed by atoms with van der Waals surface area (Å²) in [5.41, 5.74) is 1.83. The van der Waals surface area contributed by atoms with E-state index in [1.807, 2.05) is 6.92 Å². The van der Waals surface area contributed by atoms with Gasteiger partial charge < -0.3 is 5.32 Å². The molecule has 0 bridgehead atoms. The minimum Gasteiger partial charge on any atom is -0.362 e. The Morgan fingerprint density at radius 3 is 2.37 bits per heavy atom. The number of rotatable bonds is 5. The summed E-state index contributed by atoms with van der Waals surface area (Å²) in [7, 11) is 0. The van der Waals surface area contributed by atoms with E-state index in [-0.39, 0.29) is 17.4 Å². The number of hydrogen-bond donors (Lipinski definition) is 1. The number of alkyl halides is 3. The Bertz CT molecular complexity index is 893. The van der Waals surface area contributed by atoms with Crippen molar-refractivity contribution in [2.24, 2.45) is 0 Å². The molecule has 0 aliphatic heterocycles. The molecule has 3 aromatic rings. The normalized spacial score (nSPS) is 12.6. The number of nitrogens with one attached hydrogen (secondary N) is 1. The van der Waals surface area contributed by atoms with E-state index in [4.69, 9.17) is 0 Å². The van der Waals surface area contributed by atoms with Crippen LogP contribution >= 0.6 is 0 Å². The molecule has 0 fully saturated rings. The minimum atomic E-state index is -4.30. The summed E-state index contributed by atoms with van der Waals surface area (Å²) in [5, 5.41) is 3.14. The third-order valence-electron chi connectivity index (χ3n) is 3.88. The smallest absolute Gasteiger partial charge is 0.362 e. The number of hydrogen-bond acceptors (Lipinski definition) is 4. The number of anilines is 1. The molecule has 3 rings (SSSR count). The van der Waals surface area contributed by atoms with Crippen molar-refractivity contribution in [2.45, 2.75) is 25.6 Å². The van der Waals surface area contributed by atoms with Crippen molar-refractivity contribution in [3.8, 4) is 11.3 Å². The molecule has 27 heavy (non-hydrogen) atoms. The first kappa shape index (κ1) is 18.8. The van der Waals surface area contributed by atoms with E-state index in [1.54, 1.807) is 12.1 Å². The summed E-state index contributed by atoms with van der Waals surface area (Å²) in [6.07, 6.45) is 0.245. The monoisotopic (exact) mass is 376 g/mol. The van der Waals surface area contributed by atoms with E-state index in [9.17, 15) is 17.6 Å². The van der Waals surface area contributed by atoms with Gasteiger partial charge in [-0.25, -0.2) is 9.37 Å². The van der Waals surface area contributed by atoms with Crippen molar-refractivity contribution in [2.75, 3.05) is 5.32 Å². The zero-order chi connectivity index (χ0) is 19.4. The Morgan fingerprint density at radius 1 is 1.00 bits per heavy atom. The van der Waals surface area contributed by atoms with Crippen LogP contribution in [0, 0.1) is 5.82 Å². The van der Waals surface area contributed by atoms with Crippen LogP contribution in [0.1, 0.15) is 24.1 Å². The maximum Gasteiger partial charge on any atom is 0.393 e. The number of nitrogens with zero attached hydrogens (tertiary/aromatic N) is 3. The molecule has 0 saturated carbocycles. The van der Waals surface area contributed by atoms with Gasteiger partial charge in [-0.1, -0.05) is 12.1 Å². The molecule has 0 aliphatic rings. The van der Waals surface area contributed by atoms with Gasteiger partial charge in [-0.3, -0.25) is 9.97 Å². The van der Waals surface area contributed by atoms with E-state index in [0.717, 1.165) is 5.56 Å². The van der Waals surface area contributed by atoms with Crippen molar-refractivity contribution in [3.63, 3.8) is 0 Å². The van der Waals surface area contributed by atoms with Crippen LogP contribution in [0.5, 0.6) is 0 Å². The Balaban J connectivity index is 1.72. The fraction of sp³-hybridized carbons (Fsp3) is 0.211. The highest BCUT2D eigenvalue weighted by atomic mass is 19.4. The quantitative estimate of drug-likeness (QED) is 0.640. The fourth-order valence-corrected chi connectivity index (χ4v) is 2.56. The lowest BCUT2D eigenvalue weighted by Gasteiger charge is -2.15. The summed E-state index contributed by atoms with van der Waals surface area (Å²) in [4.78, 5) is 12.3. The summed E-state index contributed by atoms with van der Waals surface area (Å²) >= 11 is 0. The zero-order valence-corrected chi connectivity index (χ0v) is 14.3. The minimum absolute atomic E-state index is 0.0638. The molecule has 0 radical (unpaired) electrons. The Hall–Kier alpha value is -3.03. The third-order valence-corrected chi connectivity index (χ3v) is 3.88. The lowest BCUT2D eigenvalue weighted by atomic mass is 10.1. The van der Waals surface area contributed by atoms with Crippen LogP contribution in [0.25, 0.3) is 11.3 Å². The average molecular weight is 376 g/mol. The fourth-order valence-electron chi connectivity index (χ4n) is 2.56. The van der Waals surface area contributed by atoms with Gasteiger partial charge in [-0.2, -0.15) is 13.2 Å². The van der Waals surface area contributed by atoms with Crippen molar-refractivity contribution < 1.29 is 17.6 Å². The van der Waals surface area contributed by atoms with Crippen LogP contribution in [0.15, 0.2) is 55.1 Å². The first-order valence-electron chi connectivity index (χ1n) is 8.15. The molecule has 2 heterocycles. The molecular weight excluding hydrogens is 360 g/mol. The van der Waals surface area contributed by atoms with Gasteiger partial charge in [-0.15, -0.1) is 0 Å². The van der Waals surface area contributed by atoms with Crippen LogP contribution in [0.4, 0.5) is 23.4 Å². The van der Waals surface area contributed by atoms with E-state index in [1.165, 1.54) is 43.0 Å². The number of pyridine rings is 1. The number of aromatic nitrogens is 3. The highest BCUT2D eigenvalue weighted by Gasteiger charge is 2.27. The predicted octanol–water partition coefficient (Wildman–Crippen LogP) is 4.96. The molecule has 1 unspecified atom stereocenters. The SMILES string of the molecule is CC(Nc1cnc(-c2cncc(CC(F)(F)F)c2)cn1)c1ccc(F)cc1. The molecule has 0 spiro atoms. The second-order valence-corrected chi connectivity index (χ2v) is 6.08.